The maximum atomic E-state index is 12.2. The van der Waals surface area contributed by atoms with E-state index in [0.717, 1.165) is 22.7 Å². The predicted molar refractivity (Wildman–Crippen MR) is 108 cm³/mol. The monoisotopic (exact) mass is 369 g/mol. The summed E-state index contributed by atoms with van der Waals surface area (Å²) in [6, 6.07) is 15.2. The number of hydrogen-bond donors (Lipinski definition) is 1. The summed E-state index contributed by atoms with van der Waals surface area (Å²) >= 11 is 0. The van der Waals surface area contributed by atoms with Crippen molar-refractivity contribution in [1.29, 1.82) is 0 Å². The minimum atomic E-state index is -0.0954. The molecule has 0 aromatic heterocycles. The molecule has 0 heterocycles. The van der Waals surface area contributed by atoms with Crippen LogP contribution in [0.25, 0.3) is 0 Å². The summed E-state index contributed by atoms with van der Waals surface area (Å²) in [6.45, 7) is 2.29. The van der Waals surface area contributed by atoms with Crippen LogP contribution in [0.15, 0.2) is 48.5 Å². The molecular weight excluding hydrogens is 342 g/mol. The Morgan fingerprint density at radius 3 is 2.07 bits per heavy atom. The van der Waals surface area contributed by atoms with Gasteiger partial charge in [-0.25, -0.2) is 0 Å². The first-order valence-corrected chi connectivity index (χ1v) is 8.86. The third-order valence-electron chi connectivity index (χ3n) is 4.27. The quantitative estimate of drug-likeness (QED) is 0.777. The Balaban J connectivity index is 1.88. The SMILES string of the molecule is COc1ccc(CNC(=O)CCN(C(C)=O)c2ccc(N(C)C)cc2)cc1. The molecule has 0 saturated carbocycles. The highest BCUT2D eigenvalue weighted by molar-refractivity contribution is 5.92. The third kappa shape index (κ3) is 6.02. The summed E-state index contributed by atoms with van der Waals surface area (Å²) in [5, 5.41) is 2.88. The van der Waals surface area contributed by atoms with E-state index in [9.17, 15) is 9.59 Å². The molecule has 0 aliphatic heterocycles. The molecule has 0 spiro atoms. The first kappa shape index (κ1) is 20.3. The average molecular weight is 369 g/mol. The minimum absolute atomic E-state index is 0.0874. The van der Waals surface area contributed by atoms with Gasteiger partial charge in [-0.2, -0.15) is 0 Å². The van der Waals surface area contributed by atoms with Gasteiger partial charge in [0.1, 0.15) is 5.75 Å². The summed E-state index contributed by atoms with van der Waals surface area (Å²) in [6.07, 6.45) is 0.241. The number of nitrogens with one attached hydrogen (secondary N) is 1. The molecule has 2 amide bonds. The fourth-order valence-electron chi connectivity index (χ4n) is 2.64. The minimum Gasteiger partial charge on any atom is -0.497 e. The molecule has 1 N–H and O–H groups in total. The van der Waals surface area contributed by atoms with Gasteiger partial charge in [-0.3, -0.25) is 9.59 Å². The lowest BCUT2D eigenvalue weighted by atomic mass is 10.2. The number of methoxy groups -OCH3 is 1. The second kappa shape index (κ2) is 9.62. The van der Waals surface area contributed by atoms with Gasteiger partial charge in [0.2, 0.25) is 11.8 Å². The number of anilines is 2. The summed E-state index contributed by atoms with van der Waals surface area (Å²) in [7, 11) is 5.54. The molecule has 2 aromatic rings. The van der Waals surface area contributed by atoms with Gasteiger partial charge in [0.15, 0.2) is 0 Å². The molecule has 0 fully saturated rings. The normalized spacial score (nSPS) is 10.2. The van der Waals surface area contributed by atoms with Crippen LogP contribution >= 0.6 is 0 Å². The molecule has 27 heavy (non-hydrogen) atoms. The molecule has 6 nitrogen and oxygen atoms in total. The van der Waals surface area contributed by atoms with E-state index in [2.05, 4.69) is 5.32 Å². The van der Waals surface area contributed by atoms with Gasteiger partial charge >= 0.3 is 0 Å². The number of carbonyl (C=O) groups excluding carboxylic acids is 2. The highest BCUT2D eigenvalue weighted by atomic mass is 16.5. The maximum Gasteiger partial charge on any atom is 0.223 e. The molecule has 144 valence electrons. The van der Waals surface area contributed by atoms with Gasteiger partial charge in [0.25, 0.3) is 0 Å². The Labute approximate surface area is 160 Å². The molecule has 0 bridgehead atoms. The number of hydrogen-bond acceptors (Lipinski definition) is 4. The molecule has 6 heteroatoms. The lowest BCUT2D eigenvalue weighted by Gasteiger charge is -2.22. The molecule has 0 aliphatic rings. The molecule has 0 atom stereocenters. The molecule has 2 rings (SSSR count). The number of rotatable bonds is 8. The van der Waals surface area contributed by atoms with Crippen LogP contribution in [0.2, 0.25) is 0 Å². The number of benzene rings is 2. The molecule has 0 radical (unpaired) electrons. The predicted octanol–water partition coefficient (Wildman–Crippen LogP) is 2.82. The smallest absolute Gasteiger partial charge is 0.223 e. The van der Waals surface area contributed by atoms with Crippen molar-refractivity contribution >= 4 is 23.2 Å². The Bertz CT molecular complexity index is 755. The van der Waals surface area contributed by atoms with E-state index in [1.54, 1.807) is 12.0 Å². The number of amides is 2. The van der Waals surface area contributed by atoms with E-state index in [0.29, 0.717) is 13.1 Å². The van der Waals surface area contributed by atoms with Crippen LogP contribution in [0.4, 0.5) is 11.4 Å². The highest BCUT2D eigenvalue weighted by Crippen LogP contribution is 2.20. The summed E-state index contributed by atoms with van der Waals surface area (Å²) < 4.78 is 5.12. The molecule has 2 aromatic carbocycles. The highest BCUT2D eigenvalue weighted by Gasteiger charge is 2.13. The van der Waals surface area contributed by atoms with E-state index in [4.69, 9.17) is 4.74 Å². The van der Waals surface area contributed by atoms with E-state index >= 15 is 0 Å². The number of carbonyl (C=O) groups is 2. The lowest BCUT2D eigenvalue weighted by Crippen LogP contribution is -2.33. The van der Waals surface area contributed by atoms with Gasteiger partial charge in [0, 0.05) is 51.9 Å². The van der Waals surface area contributed by atoms with Crippen LogP contribution in [0.3, 0.4) is 0 Å². The zero-order valence-corrected chi connectivity index (χ0v) is 16.4. The van der Waals surface area contributed by atoms with Crippen LogP contribution in [0.5, 0.6) is 5.75 Å². The van der Waals surface area contributed by atoms with Crippen molar-refractivity contribution in [3.8, 4) is 5.75 Å². The van der Waals surface area contributed by atoms with E-state index < -0.39 is 0 Å². The molecule has 0 saturated heterocycles. The van der Waals surface area contributed by atoms with Crippen molar-refractivity contribution in [2.45, 2.75) is 19.9 Å². The lowest BCUT2D eigenvalue weighted by molar-refractivity contribution is -0.121. The summed E-state index contributed by atoms with van der Waals surface area (Å²) in [5.74, 6) is 0.597. The van der Waals surface area contributed by atoms with Crippen molar-refractivity contribution in [2.24, 2.45) is 0 Å². The van der Waals surface area contributed by atoms with Crippen LogP contribution in [-0.2, 0) is 16.1 Å². The largest absolute Gasteiger partial charge is 0.497 e. The van der Waals surface area contributed by atoms with Crippen LogP contribution in [0, 0.1) is 0 Å². The molecule has 0 unspecified atom stereocenters. The first-order chi connectivity index (χ1) is 12.9. The number of ether oxygens (including phenoxy) is 1. The topological polar surface area (TPSA) is 61.9 Å². The Morgan fingerprint density at radius 1 is 0.963 bits per heavy atom. The fourth-order valence-corrected chi connectivity index (χ4v) is 2.64. The second-order valence-electron chi connectivity index (χ2n) is 6.46. The summed E-state index contributed by atoms with van der Waals surface area (Å²) in [5.41, 5.74) is 2.84. The van der Waals surface area contributed by atoms with Gasteiger partial charge in [-0.15, -0.1) is 0 Å². The van der Waals surface area contributed by atoms with Crippen LogP contribution in [0.1, 0.15) is 18.9 Å². The van der Waals surface area contributed by atoms with E-state index in [-0.39, 0.29) is 18.2 Å². The zero-order valence-electron chi connectivity index (χ0n) is 16.4. The Kier molecular flexibility index (Phi) is 7.23. The Morgan fingerprint density at radius 2 is 1.56 bits per heavy atom. The van der Waals surface area contributed by atoms with Crippen LogP contribution < -0.4 is 19.9 Å². The fraction of sp³-hybridized carbons (Fsp3) is 0.333. The van der Waals surface area contributed by atoms with Crippen molar-refractivity contribution < 1.29 is 14.3 Å². The second-order valence-corrected chi connectivity index (χ2v) is 6.46. The van der Waals surface area contributed by atoms with Gasteiger partial charge in [-0.1, -0.05) is 12.1 Å². The van der Waals surface area contributed by atoms with Crippen LogP contribution in [-0.4, -0.2) is 39.6 Å². The average Bonchev–Trinajstić information content (AvgIpc) is 2.67. The van der Waals surface area contributed by atoms with Gasteiger partial charge < -0.3 is 19.9 Å². The number of nitrogens with zero attached hydrogens (tertiary/aromatic N) is 2. The van der Waals surface area contributed by atoms with Gasteiger partial charge in [0.05, 0.1) is 7.11 Å². The zero-order chi connectivity index (χ0) is 19.8. The molecule has 0 aliphatic carbocycles. The van der Waals surface area contributed by atoms with Crippen molar-refractivity contribution in [2.75, 3.05) is 37.5 Å². The first-order valence-electron chi connectivity index (χ1n) is 8.86. The van der Waals surface area contributed by atoms with Crippen molar-refractivity contribution in [3.63, 3.8) is 0 Å². The van der Waals surface area contributed by atoms with E-state index in [1.165, 1.54) is 6.92 Å². The third-order valence-corrected chi connectivity index (χ3v) is 4.27. The Hall–Kier alpha value is -3.02. The van der Waals surface area contributed by atoms with Gasteiger partial charge in [-0.05, 0) is 42.0 Å². The standard InChI is InChI=1S/C21H27N3O3/c1-16(25)24(19-9-7-18(8-10-19)23(2)3)14-13-21(26)22-15-17-5-11-20(27-4)12-6-17/h5-12H,13-15H2,1-4H3,(H,22,26). The van der Waals surface area contributed by atoms with Crippen molar-refractivity contribution in [1.82, 2.24) is 5.32 Å². The molecular formula is C21H27N3O3. The maximum absolute atomic E-state index is 12.2. The van der Waals surface area contributed by atoms with Crippen molar-refractivity contribution in [3.05, 3.63) is 54.1 Å². The summed E-state index contributed by atoms with van der Waals surface area (Å²) in [4.78, 5) is 27.8. The van der Waals surface area contributed by atoms with E-state index in [1.807, 2.05) is 67.5 Å².